The SMILES string of the molecule is CCCCCCCC(C)(CCCCCC)C(=O)C(F)F. The average Bonchev–Trinajstić information content (AvgIpc) is 2.42. The Labute approximate surface area is 123 Å². The maximum absolute atomic E-state index is 12.8. The van der Waals surface area contributed by atoms with E-state index in [-0.39, 0.29) is 0 Å². The summed E-state index contributed by atoms with van der Waals surface area (Å²) in [4.78, 5) is 11.8. The van der Waals surface area contributed by atoms with Gasteiger partial charge in [-0.25, -0.2) is 8.78 Å². The number of unbranched alkanes of at least 4 members (excludes halogenated alkanes) is 7. The lowest BCUT2D eigenvalue weighted by Crippen LogP contribution is -2.33. The van der Waals surface area contributed by atoms with Crippen molar-refractivity contribution in [2.24, 2.45) is 5.41 Å². The van der Waals surface area contributed by atoms with E-state index < -0.39 is 17.6 Å². The molecule has 0 N–H and O–H groups in total. The van der Waals surface area contributed by atoms with E-state index in [2.05, 4.69) is 13.8 Å². The molecule has 0 spiro atoms. The van der Waals surface area contributed by atoms with Gasteiger partial charge in [0.1, 0.15) is 0 Å². The number of rotatable bonds is 13. The predicted octanol–water partition coefficient (Wildman–Crippen LogP) is 6.16. The molecule has 0 aliphatic carbocycles. The van der Waals surface area contributed by atoms with Crippen molar-refractivity contribution >= 4 is 5.78 Å². The summed E-state index contributed by atoms with van der Waals surface area (Å²) in [6.07, 6.45) is 8.03. The lowest BCUT2D eigenvalue weighted by molar-refractivity contribution is -0.140. The van der Waals surface area contributed by atoms with E-state index >= 15 is 0 Å². The van der Waals surface area contributed by atoms with Crippen LogP contribution in [0.1, 0.15) is 91.4 Å². The molecule has 0 fully saturated rings. The zero-order chi connectivity index (χ0) is 15.4. The molecule has 0 aliphatic rings. The van der Waals surface area contributed by atoms with E-state index in [1.54, 1.807) is 6.92 Å². The molecule has 0 aromatic heterocycles. The second-order valence-corrected chi connectivity index (χ2v) is 6.20. The molecule has 0 rings (SSSR count). The quantitative estimate of drug-likeness (QED) is 0.371. The molecule has 0 heterocycles. The molecule has 0 amide bonds. The Morgan fingerprint density at radius 1 is 0.850 bits per heavy atom. The van der Waals surface area contributed by atoms with Crippen LogP contribution in [-0.4, -0.2) is 12.2 Å². The first-order valence-corrected chi connectivity index (χ1v) is 8.30. The fraction of sp³-hybridized carbons (Fsp3) is 0.941. The summed E-state index contributed by atoms with van der Waals surface area (Å²) in [7, 11) is 0. The molecule has 0 aliphatic heterocycles. The van der Waals surface area contributed by atoms with Crippen LogP contribution >= 0.6 is 0 Å². The summed E-state index contributed by atoms with van der Waals surface area (Å²) in [5.41, 5.74) is -0.811. The maximum atomic E-state index is 12.8. The van der Waals surface area contributed by atoms with Gasteiger partial charge in [0.15, 0.2) is 0 Å². The minimum atomic E-state index is -2.82. The Balaban J connectivity index is 4.27. The molecule has 1 unspecified atom stereocenters. The normalized spacial score (nSPS) is 14.5. The maximum Gasteiger partial charge on any atom is 0.296 e. The molecule has 0 bridgehead atoms. The van der Waals surface area contributed by atoms with E-state index in [4.69, 9.17) is 0 Å². The van der Waals surface area contributed by atoms with Gasteiger partial charge in [0.25, 0.3) is 6.43 Å². The van der Waals surface area contributed by atoms with Gasteiger partial charge in [-0.1, -0.05) is 78.6 Å². The van der Waals surface area contributed by atoms with E-state index in [0.29, 0.717) is 12.8 Å². The van der Waals surface area contributed by atoms with Gasteiger partial charge in [-0.2, -0.15) is 0 Å². The van der Waals surface area contributed by atoms with E-state index in [0.717, 1.165) is 44.9 Å². The van der Waals surface area contributed by atoms with Crippen LogP contribution in [0.2, 0.25) is 0 Å². The highest BCUT2D eigenvalue weighted by Crippen LogP contribution is 2.34. The fourth-order valence-electron chi connectivity index (χ4n) is 2.70. The molecule has 120 valence electrons. The Morgan fingerprint density at radius 3 is 1.65 bits per heavy atom. The first kappa shape index (κ1) is 19.5. The van der Waals surface area contributed by atoms with Crippen molar-refractivity contribution in [2.75, 3.05) is 0 Å². The van der Waals surface area contributed by atoms with Gasteiger partial charge in [-0.15, -0.1) is 0 Å². The monoisotopic (exact) mass is 290 g/mol. The Bertz CT molecular complexity index is 253. The molecule has 1 nitrogen and oxygen atoms in total. The second kappa shape index (κ2) is 11.2. The number of hydrogen-bond donors (Lipinski definition) is 0. The molecule has 0 aromatic carbocycles. The largest absolute Gasteiger partial charge is 0.296 e. The molecule has 3 heteroatoms. The number of alkyl halides is 2. The lowest BCUT2D eigenvalue weighted by atomic mass is 9.76. The Hall–Kier alpha value is -0.470. The van der Waals surface area contributed by atoms with Crippen LogP contribution in [0.15, 0.2) is 0 Å². The molecule has 0 saturated heterocycles. The molecule has 1 atom stereocenters. The standard InChI is InChI=1S/C17H32F2O/c1-4-6-8-10-12-14-17(3,15(20)16(18)19)13-11-9-7-5-2/h16H,4-14H2,1-3H3. The van der Waals surface area contributed by atoms with Crippen LogP contribution in [-0.2, 0) is 4.79 Å². The Morgan fingerprint density at radius 2 is 1.25 bits per heavy atom. The smallest absolute Gasteiger partial charge is 0.293 e. The van der Waals surface area contributed by atoms with Crippen LogP contribution in [0.5, 0.6) is 0 Å². The average molecular weight is 290 g/mol. The fourth-order valence-corrected chi connectivity index (χ4v) is 2.70. The number of hydrogen-bond acceptors (Lipinski definition) is 1. The summed E-state index contributed by atoms with van der Waals surface area (Å²) in [5.74, 6) is -0.843. The number of Topliss-reactive ketones (excluding diaryl/α,β-unsaturated/α-hetero) is 1. The first-order valence-electron chi connectivity index (χ1n) is 8.30. The van der Waals surface area contributed by atoms with Crippen molar-refractivity contribution in [3.8, 4) is 0 Å². The molecule has 0 aromatic rings. The summed E-state index contributed by atoms with van der Waals surface area (Å²) in [5, 5.41) is 0. The highest BCUT2D eigenvalue weighted by Gasteiger charge is 2.37. The Kier molecular flexibility index (Phi) is 11.0. The third-order valence-electron chi connectivity index (χ3n) is 4.21. The van der Waals surface area contributed by atoms with Crippen molar-refractivity contribution in [2.45, 2.75) is 97.8 Å². The van der Waals surface area contributed by atoms with Crippen molar-refractivity contribution in [1.29, 1.82) is 0 Å². The molecular formula is C17H32F2O. The van der Waals surface area contributed by atoms with Crippen molar-refractivity contribution in [3.05, 3.63) is 0 Å². The van der Waals surface area contributed by atoms with Gasteiger partial charge in [0.05, 0.1) is 0 Å². The van der Waals surface area contributed by atoms with Gasteiger partial charge >= 0.3 is 0 Å². The third-order valence-corrected chi connectivity index (χ3v) is 4.21. The van der Waals surface area contributed by atoms with Crippen LogP contribution in [0.25, 0.3) is 0 Å². The predicted molar refractivity (Wildman–Crippen MR) is 81.3 cm³/mol. The van der Waals surface area contributed by atoms with E-state index in [9.17, 15) is 13.6 Å². The van der Waals surface area contributed by atoms with Crippen LogP contribution in [0, 0.1) is 5.41 Å². The van der Waals surface area contributed by atoms with Crippen LogP contribution in [0.4, 0.5) is 8.78 Å². The van der Waals surface area contributed by atoms with Crippen molar-refractivity contribution in [1.82, 2.24) is 0 Å². The van der Waals surface area contributed by atoms with Crippen molar-refractivity contribution in [3.63, 3.8) is 0 Å². The molecule has 20 heavy (non-hydrogen) atoms. The summed E-state index contributed by atoms with van der Waals surface area (Å²) >= 11 is 0. The highest BCUT2D eigenvalue weighted by molar-refractivity contribution is 5.87. The van der Waals surface area contributed by atoms with Gasteiger partial charge < -0.3 is 0 Å². The molecular weight excluding hydrogens is 258 g/mol. The van der Waals surface area contributed by atoms with E-state index in [1.165, 1.54) is 12.8 Å². The van der Waals surface area contributed by atoms with Gasteiger partial charge in [-0.05, 0) is 12.8 Å². The number of ketones is 1. The minimum absolute atomic E-state index is 0.615. The minimum Gasteiger partial charge on any atom is -0.293 e. The van der Waals surface area contributed by atoms with Crippen LogP contribution in [0.3, 0.4) is 0 Å². The molecule has 0 radical (unpaired) electrons. The van der Waals surface area contributed by atoms with Gasteiger partial charge in [0.2, 0.25) is 5.78 Å². The number of carbonyl (C=O) groups excluding carboxylic acids is 1. The zero-order valence-electron chi connectivity index (χ0n) is 13.5. The van der Waals surface area contributed by atoms with Gasteiger partial charge in [-0.3, -0.25) is 4.79 Å². The third kappa shape index (κ3) is 7.96. The number of carbonyl (C=O) groups is 1. The topological polar surface area (TPSA) is 17.1 Å². The summed E-state index contributed by atoms with van der Waals surface area (Å²) in [6, 6.07) is 0. The second-order valence-electron chi connectivity index (χ2n) is 6.20. The van der Waals surface area contributed by atoms with Crippen LogP contribution < -0.4 is 0 Å². The molecule has 0 saturated carbocycles. The zero-order valence-corrected chi connectivity index (χ0v) is 13.5. The van der Waals surface area contributed by atoms with E-state index in [1.807, 2.05) is 0 Å². The highest BCUT2D eigenvalue weighted by atomic mass is 19.3. The van der Waals surface area contributed by atoms with Gasteiger partial charge in [0, 0.05) is 5.41 Å². The summed E-state index contributed by atoms with van der Waals surface area (Å²) in [6.45, 7) is 6.02. The summed E-state index contributed by atoms with van der Waals surface area (Å²) < 4.78 is 25.6. The lowest BCUT2D eigenvalue weighted by Gasteiger charge is -2.28. The number of halogens is 2. The first-order chi connectivity index (χ1) is 9.48. The van der Waals surface area contributed by atoms with Crippen molar-refractivity contribution < 1.29 is 13.6 Å².